The van der Waals surface area contributed by atoms with Gasteiger partial charge in [0.1, 0.15) is 0 Å². The summed E-state index contributed by atoms with van der Waals surface area (Å²) < 4.78 is 0. The summed E-state index contributed by atoms with van der Waals surface area (Å²) in [6, 6.07) is -0.517. The molecule has 0 unspecified atom stereocenters. The highest BCUT2D eigenvalue weighted by Crippen LogP contribution is 2.01. The van der Waals surface area contributed by atoms with Crippen LogP contribution in [0.15, 0.2) is 12.2 Å². The molecule has 0 radical (unpaired) electrons. The molecule has 1 heterocycles. The molecule has 4 amide bonds. The second-order valence-corrected chi connectivity index (χ2v) is 4.00. The second-order valence-electron chi connectivity index (χ2n) is 3.44. The van der Waals surface area contributed by atoms with Crippen LogP contribution in [-0.2, 0) is 14.4 Å². The Balaban J connectivity index is 2.18. The van der Waals surface area contributed by atoms with Crippen LogP contribution >= 0.6 is 15.9 Å². The number of halogens is 1. The smallest absolute Gasteiger partial charge is 0.315 e. The lowest BCUT2D eigenvalue weighted by atomic mass is 10.4. The van der Waals surface area contributed by atoms with Gasteiger partial charge in [0.2, 0.25) is 0 Å². The summed E-state index contributed by atoms with van der Waals surface area (Å²) in [5.74, 6) is -0.937. The number of nitrogens with zero attached hydrogens (tertiary/aromatic N) is 1. The minimum atomic E-state index is -0.517. The number of hydrogen-bond donors (Lipinski definition) is 2. The van der Waals surface area contributed by atoms with Crippen molar-refractivity contribution in [1.29, 1.82) is 0 Å². The molecular formula is C10H12BrN3O4. The first kappa shape index (κ1) is 14.4. The average Bonchev–Trinajstić information content (AvgIpc) is 2.67. The number of Topliss-reactive ketones (excluding diaryl/α,β-unsaturated/α-hetero) is 1. The quantitative estimate of drug-likeness (QED) is 0.494. The van der Waals surface area contributed by atoms with Crippen molar-refractivity contribution in [3.63, 3.8) is 0 Å². The summed E-state index contributed by atoms with van der Waals surface area (Å²) in [6.45, 7) is 0.165. The summed E-state index contributed by atoms with van der Waals surface area (Å²) in [7, 11) is 0. The van der Waals surface area contributed by atoms with Crippen LogP contribution in [0.1, 0.15) is 0 Å². The highest BCUT2D eigenvalue weighted by Gasteiger charge is 2.22. The Hall–Kier alpha value is -1.70. The van der Waals surface area contributed by atoms with Gasteiger partial charge in [-0.15, -0.1) is 0 Å². The lowest BCUT2D eigenvalue weighted by Gasteiger charge is -2.14. The second kappa shape index (κ2) is 6.90. The van der Waals surface area contributed by atoms with Gasteiger partial charge >= 0.3 is 6.03 Å². The van der Waals surface area contributed by atoms with E-state index >= 15 is 0 Å². The van der Waals surface area contributed by atoms with E-state index in [2.05, 4.69) is 26.6 Å². The van der Waals surface area contributed by atoms with Crippen molar-refractivity contribution in [2.45, 2.75) is 0 Å². The minimum absolute atomic E-state index is 0.0692. The highest BCUT2D eigenvalue weighted by molar-refractivity contribution is 9.09. The molecule has 8 heteroatoms. The number of alkyl halides is 1. The fourth-order valence-electron chi connectivity index (χ4n) is 1.22. The molecule has 0 aromatic rings. The molecule has 0 atom stereocenters. The van der Waals surface area contributed by atoms with Crippen LogP contribution in [0.5, 0.6) is 0 Å². The highest BCUT2D eigenvalue weighted by atomic mass is 79.9. The molecule has 1 aliphatic heterocycles. The molecule has 0 aromatic heterocycles. The van der Waals surface area contributed by atoms with Crippen molar-refractivity contribution >= 4 is 39.6 Å². The molecule has 0 aromatic carbocycles. The number of urea groups is 1. The number of nitrogens with one attached hydrogen (secondary N) is 2. The topological polar surface area (TPSA) is 95.6 Å². The van der Waals surface area contributed by atoms with Crippen LogP contribution in [0, 0.1) is 0 Å². The van der Waals surface area contributed by atoms with E-state index in [1.54, 1.807) is 0 Å². The summed E-state index contributed by atoms with van der Waals surface area (Å²) in [6.07, 6.45) is 2.36. The van der Waals surface area contributed by atoms with Crippen molar-refractivity contribution in [3.8, 4) is 0 Å². The summed E-state index contributed by atoms with van der Waals surface area (Å²) in [5, 5.41) is 4.96. The van der Waals surface area contributed by atoms with Gasteiger partial charge in [0.15, 0.2) is 5.78 Å². The van der Waals surface area contributed by atoms with Gasteiger partial charge in [0.05, 0.1) is 11.9 Å². The van der Waals surface area contributed by atoms with E-state index in [0.29, 0.717) is 0 Å². The lowest BCUT2D eigenvalue weighted by Crippen LogP contribution is -2.43. The number of ketones is 1. The molecule has 0 spiro atoms. The van der Waals surface area contributed by atoms with Crippen molar-refractivity contribution in [3.05, 3.63) is 12.2 Å². The van der Waals surface area contributed by atoms with Crippen molar-refractivity contribution in [2.24, 2.45) is 0 Å². The molecule has 0 saturated carbocycles. The van der Waals surface area contributed by atoms with Crippen LogP contribution in [-0.4, -0.2) is 53.5 Å². The number of rotatable bonds is 6. The van der Waals surface area contributed by atoms with Gasteiger partial charge in [-0.2, -0.15) is 0 Å². The average molecular weight is 318 g/mol. The first-order valence-corrected chi connectivity index (χ1v) is 6.29. The maximum atomic E-state index is 11.2. The van der Waals surface area contributed by atoms with Crippen molar-refractivity contribution in [2.75, 3.05) is 25.0 Å². The minimum Gasteiger partial charge on any atom is -0.336 e. The Bertz CT molecular complexity index is 390. The van der Waals surface area contributed by atoms with Gasteiger partial charge in [-0.3, -0.25) is 19.3 Å². The number of imide groups is 1. The zero-order valence-electron chi connectivity index (χ0n) is 9.44. The third-order valence-electron chi connectivity index (χ3n) is 2.12. The van der Waals surface area contributed by atoms with Crippen molar-refractivity contribution < 1.29 is 19.2 Å². The van der Waals surface area contributed by atoms with E-state index < -0.39 is 17.8 Å². The third kappa shape index (κ3) is 4.28. The van der Waals surface area contributed by atoms with E-state index in [-0.39, 0.29) is 30.7 Å². The standard InChI is InChI=1S/C10H12BrN3O4/c11-5-7(15)6-13-10(18)12-3-4-14-8(16)1-2-9(14)17/h1-2H,3-6H2,(H2,12,13,18). The molecule has 2 N–H and O–H groups in total. The van der Waals surface area contributed by atoms with Crippen LogP contribution in [0.3, 0.4) is 0 Å². The summed E-state index contributed by atoms with van der Waals surface area (Å²) in [5.41, 5.74) is 0. The Morgan fingerprint density at radius 2 is 1.78 bits per heavy atom. The zero-order chi connectivity index (χ0) is 13.5. The van der Waals surface area contributed by atoms with Gasteiger partial charge in [0.25, 0.3) is 11.8 Å². The third-order valence-corrected chi connectivity index (χ3v) is 2.74. The van der Waals surface area contributed by atoms with E-state index in [1.807, 2.05) is 0 Å². The molecule has 0 bridgehead atoms. The predicted octanol–water partition coefficient (Wildman–Crippen LogP) is -0.825. The number of carbonyl (C=O) groups is 4. The molecule has 1 rings (SSSR count). The van der Waals surface area contributed by atoms with Gasteiger partial charge in [-0.25, -0.2) is 4.79 Å². The summed E-state index contributed by atoms with van der Waals surface area (Å²) >= 11 is 2.97. The normalized spacial score (nSPS) is 13.9. The largest absolute Gasteiger partial charge is 0.336 e. The lowest BCUT2D eigenvalue weighted by molar-refractivity contribution is -0.136. The predicted molar refractivity (Wildman–Crippen MR) is 66.1 cm³/mol. The Kier molecular flexibility index (Phi) is 5.50. The molecule has 0 saturated heterocycles. The molecule has 18 heavy (non-hydrogen) atoms. The molecule has 1 aliphatic rings. The monoisotopic (exact) mass is 317 g/mol. The number of carbonyl (C=O) groups excluding carboxylic acids is 4. The van der Waals surface area contributed by atoms with Crippen LogP contribution < -0.4 is 10.6 Å². The number of amides is 4. The van der Waals surface area contributed by atoms with Gasteiger partial charge in [0, 0.05) is 25.2 Å². The Morgan fingerprint density at radius 3 is 2.33 bits per heavy atom. The molecule has 0 fully saturated rings. The first-order chi connectivity index (χ1) is 8.54. The Morgan fingerprint density at radius 1 is 1.17 bits per heavy atom. The number of hydrogen-bond acceptors (Lipinski definition) is 4. The van der Waals surface area contributed by atoms with Crippen LogP contribution in [0.4, 0.5) is 4.79 Å². The molecule has 0 aliphatic carbocycles. The van der Waals surface area contributed by atoms with E-state index in [9.17, 15) is 19.2 Å². The van der Waals surface area contributed by atoms with Crippen molar-refractivity contribution in [1.82, 2.24) is 15.5 Å². The van der Waals surface area contributed by atoms with E-state index in [4.69, 9.17) is 0 Å². The van der Waals surface area contributed by atoms with Gasteiger partial charge in [-0.05, 0) is 0 Å². The molecule has 7 nitrogen and oxygen atoms in total. The fourth-order valence-corrected chi connectivity index (χ4v) is 1.42. The fraction of sp³-hybridized carbons (Fsp3) is 0.400. The zero-order valence-corrected chi connectivity index (χ0v) is 11.0. The molecular weight excluding hydrogens is 306 g/mol. The van der Waals surface area contributed by atoms with Crippen LogP contribution in [0.25, 0.3) is 0 Å². The van der Waals surface area contributed by atoms with E-state index in [0.717, 1.165) is 4.90 Å². The molecule has 98 valence electrons. The van der Waals surface area contributed by atoms with Gasteiger partial charge in [-0.1, -0.05) is 15.9 Å². The Labute approximate surface area is 112 Å². The van der Waals surface area contributed by atoms with Gasteiger partial charge < -0.3 is 10.6 Å². The first-order valence-electron chi connectivity index (χ1n) is 5.17. The summed E-state index contributed by atoms with van der Waals surface area (Å²) in [4.78, 5) is 45.4. The maximum absolute atomic E-state index is 11.2. The van der Waals surface area contributed by atoms with Crippen LogP contribution in [0.2, 0.25) is 0 Å². The maximum Gasteiger partial charge on any atom is 0.315 e. The SMILES string of the molecule is O=C(CBr)CNC(=O)NCCN1C(=O)C=CC1=O. The van der Waals surface area contributed by atoms with E-state index in [1.165, 1.54) is 12.2 Å².